The number of hydrogen-bond donors (Lipinski definition) is 0. The fraction of sp³-hybridized carbons (Fsp3) is 0.455. The third-order valence-corrected chi connectivity index (χ3v) is 7.93. The molecule has 4 aromatic heterocycles. The maximum Gasteiger partial charge on any atom is 0.263 e. The number of thiophene rings is 1. The molecule has 9 heteroatoms. The molecular formula is C22H24N4O3S2. The van der Waals surface area contributed by atoms with E-state index in [9.17, 15) is 4.79 Å². The summed E-state index contributed by atoms with van der Waals surface area (Å²) < 4.78 is 12.7. The van der Waals surface area contributed by atoms with E-state index in [0.717, 1.165) is 35.2 Å². The lowest BCUT2D eigenvalue weighted by molar-refractivity contribution is 0.375. The molecule has 0 fully saturated rings. The summed E-state index contributed by atoms with van der Waals surface area (Å²) in [5.41, 5.74) is 1.20. The molecule has 31 heavy (non-hydrogen) atoms. The Balaban J connectivity index is 1.60. The first-order valence-electron chi connectivity index (χ1n) is 10.6. The molecule has 1 aliphatic carbocycles. The number of aryl methyl sites for hydroxylation is 2. The normalized spacial score (nSPS) is 17.2. The van der Waals surface area contributed by atoms with E-state index in [2.05, 4.69) is 17.1 Å². The van der Waals surface area contributed by atoms with Gasteiger partial charge in [0.05, 0.1) is 23.4 Å². The molecule has 4 aromatic rings. The number of rotatable bonds is 6. The number of furan rings is 1. The van der Waals surface area contributed by atoms with Crippen LogP contribution in [0.25, 0.3) is 10.2 Å². The van der Waals surface area contributed by atoms with Crippen LogP contribution in [0.4, 0.5) is 0 Å². The molecule has 0 N–H and O–H groups in total. The van der Waals surface area contributed by atoms with E-state index in [1.807, 2.05) is 26.0 Å². The SMILES string of the molecule is CCc1noc(C(C)Sc2nc3sc4c(c3c(=O)n2Cc2ccco2)CCC(C)C4)n1. The van der Waals surface area contributed by atoms with Crippen LogP contribution in [0.1, 0.15) is 60.4 Å². The third kappa shape index (κ3) is 3.85. The van der Waals surface area contributed by atoms with Crippen molar-refractivity contribution in [3.05, 3.63) is 56.7 Å². The fourth-order valence-corrected chi connectivity index (χ4v) is 6.34. The predicted molar refractivity (Wildman–Crippen MR) is 121 cm³/mol. The molecule has 162 valence electrons. The molecule has 2 unspecified atom stereocenters. The first kappa shape index (κ1) is 20.5. The van der Waals surface area contributed by atoms with Gasteiger partial charge < -0.3 is 8.94 Å². The average Bonchev–Trinajstić information content (AvgIpc) is 3.49. The summed E-state index contributed by atoms with van der Waals surface area (Å²) in [7, 11) is 0. The lowest BCUT2D eigenvalue weighted by atomic mass is 9.89. The Morgan fingerprint density at radius 3 is 3.00 bits per heavy atom. The van der Waals surface area contributed by atoms with Gasteiger partial charge in [-0.25, -0.2) is 4.98 Å². The minimum atomic E-state index is -0.130. The maximum atomic E-state index is 13.7. The number of thioether (sulfide) groups is 1. The van der Waals surface area contributed by atoms with E-state index in [-0.39, 0.29) is 10.8 Å². The molecule has 0 saturated heterocycles. The lowest BCUT2D eigenvalue weighted by Crippen LogP contribution is -2.24. The summed E-state index contributed by atoms with van der Waals surface area (Å²) in [6, 6.07) is 3.71. The zero-order valence-corrected chi connectivity index (χ0v) is 19.4. The summed E-state index contributed by atoms with van der Waals surface area (Å²) in [5.74, 6) is 2.59. The fourth-order valence-electron chi connectivity index (χ4n) is 3.98. The Kier molecular flexibility index (Phi) is 5.47. The van der Waals surface area contributed by atoms with Crippen molar-refractivity contribution in [2.45, 2.75) is 63.4 Å². The molecule has 0 radical (unpaired) electrons. The van der Waals surface area contributed by atoms with Crippen LogP contribution in [-0.4, -0.2) is 19.7 Å². The van der Waals surface area contributed by atoms with Gasteiger partial charge in [0, 0.05) is 11.3 Å². The Bertz CT molecular complexity index is 1270. The highest BCUT2D eigenvalue weighted by molar-refractivity contribution is 7.99. The summed E-state index contributed by atoms with van der Waals surface area (Å²) in [6.07, 6.45) is 5.42. The molecule has 0 amide bonds. The van der Waals surface area contributed by atoms with Crippen molar-refractivity contribution in [1.29, 1.82) is 0 Å². The van der Waals surface area contributed by atoms with Crippen molar-refractivity contribution in [3.63, 3.8) is 0 Å². The minimum Gasteiger partial charge on any atom is -0.467 e. The zero-order valence-electron chi connectivity index (χ0n) is 17.8. The van der Waals surface area contributed by atoms with Crippen molar-refractivity contribution in [1.82, 2.24) is 19.7 Å². The highest BCUT2D eigenvalue weighted by Gasteiger charge is 2.26. The Morgan fingerprint density at radius 2 is 2.26 bits per heavy atom. The van der Waals surface area contributed by atoms with Gasteiger partial charge in [-0.2, -0.15) is 4.98 Å². The molecule has 0 saturated carbocycles. The largest absolute Gasteiger partial charge is 0.467 e. The van der Waals surface area contributed by atoms with Crippen LogP contribution in [0.15, 0.2) is 37.3 Å². The van der Waals surface area contributed by atoms with Crippen LogP contribution in [0, 0.1) is 5.92 Å². The van der Waals surface area contributed by atoms with Crippen LogP contribution in [0.2, 0.25) is 0 Å². The van der Waals surface area contributed by atoms with Crippen molar-refractivity contribution >= 4 is 33.3 Å². The van der Waals surface area contributed by atoms with Gasteiger partial charge in [-0.3, -0.25) is 9.36 Å². The van der Waals surface area contributed by atoms with E-state index in [0.29, 0.717) is 35.8 Å². The van der Waals surface area contributed by atoms with E-state index in [1.165, 1.54) is 22.2 Å². The molecule has 7 nitrogen and oxygen atoms in total. The minimum absolute atomic E-state index is 0.00271. The van der Waals surface area contributed by atoms with Crippen molar-refractivity contribution in [3.8, 4) is 0 Å². The number of aromatic nitrogens is 4. The van der Waals surface area contributed by atoms with Gasteiger partial charge in [0.25, 0.3) is 5.56 Å². The molecule has 0 bridgehead atoms. The summed E-state index contributed by atoms with van der Waals surface area (Å²) in [6.45, 7) is 6.59. The van der Waals surface area contributed by atoms with Gasteiger partial charge in [0.2, 0.25) is 5.89 Å². The number of nitrogens with zero attached hydrogens (tertiary/aromatic N) is 4. The molecule has 1 aliphatic rings. The van der Waals surface area contributed by atoms with Gasteiger partial charge >= 0.3 is 0 Å². The van der Waals surface area contributed by atoms with Gasteiger partial charge in [0.1, 0.15) is 10.6 Å². The first-order valence-corrected chi connectivity index (χ1v) is 12.3. The van der Waals surface area contributed by atoms with Crippen molar-refractivity contribution in [2.75, 3.05) is 0 Å². The molecule has 5 rings (SSSR count). The first-order chi connectivity index (χ1) is 15.0. The topological polar surface area (TPSA) is 87.0 Å². The standard InChI is InChI=1S/C22H24N4O3S2/c1-4-17-23-19(29-25-17)13(3)30-22-24-20-18(15-8-7-12(2)10-16(15)31-20)21(27)26(22)11-14-6-5-9-28-14/h5-6,9,12-13H,4,7-8,10-11H2,1-3H3. The molecule has 0 aromatic carbocycles. The highest BCUT2D eigenvalue weighted by atomic mass is 32.2. The monoisotopic (exact) mass is 456 g/mol. The Hall–Kier alpha value is -2.39. The molecule has 4 heterocycles. The summed E-state index contributed by atoms with van der Waals surface area (Å²) in [5, 5.41) is 5.29. The Morgan fingerprint density at radius 1 is 1.39 bits per heavy atom. The summed E-state index contributed by atoms with van der Waals surface area (Å²) in [4.78, 5) is 25.2. The lowest BCUT2D eigenvalue weighted by Gasteiger charge is -2.18. The van der Waals surface area contributed by atoms with Crippen LogP contribution in [0.5, 0.6) is 0 Å². The second-order valence-electron chi connectivity index (χ2n) is 8.06. The third-order valence-electron chi connectivity index (χ3n) is 5.70. The Labute approximate surface area is 187 Å². The molecular weight excluding hydrogens is 432 g/mol. The number of hydrogen-bond acceptors (Lipinski definition) is 8. The van der Waals surface area contributed by atoms with Gasteiger partial charge in [-0.15, -0.1) is 11.3 Å². The molecule has 0 spiro atoms. The summed E-state index contributed by atoms with van der Waals surface area (Å²) >= 11 is 3.13. The van der Waals surface area contributed by atoms with E-state index < -0.39 is 0 Å². The number of fused-ring (bicyclic) bond motifs is 3. The molecule has 0 aliphatic heterocycles. The second-order valence-corrected chi connectivity index (χ2v) is 10.5. The smallest absolute Gasteiger partial charge is 0.263 e. The van der Waals surface area contributed by atoms with Gasteiger partial charge in [-0.1, -0.05) is 30.8 Å². The van der Waals surface area contributed by atoms with Gasteiger partial charge in [-0.05, 0) is 49.8 Å². The van der Waals surface area contributed by atoms with Crippen LogP contribution in [0.3, 0.4) is 0 Å². The quantitative estimate of drug-likeness (QED) is 0.297. The van der Waals surface area contributed by atoms with Crippen molar-refractivity contribution in [2.24, 2.45) is 5.92 Å². The van der Waals surface area contributed by atoms with Crippen LogP contribution in [-0.2, 0) is 25.8 Å². The van der Waals surface area contributed by atoms with E-state index >= 15 is 0 Å². The average molecular weight is 457 g/mol. The van der Waals surface area contributed by atoms with E-state index in [4.69, 9.17) is 13.9 Å². The highest BCUT2D eigenvalue weighted by Crippen LogP contribution is 2.38. The predicted octanol–water partition coefficient (Wildman–Crippen LogP) is 5.02. The van der Waals surface area contributed by atoms with Crippen LogP contribution >= 0.6 is 23.1 Å². The van der Waals surface area contributed by atoms with Crippen molar-refractivity contribution < 1.29 is 8.94 Å². The van der Waals surface area contributed by atoms with Gasteiger partial charge in [0.15, 0.2) is 11.0 Å². The van der Waals surface area contributed by atoms with E-state index in [1.54, 1.807) is 22.2 Å². The zero-order chi connectivity index (χ0) is 21.5. The maximum absolute atomic E-state index is 13.7. The second kappa shape index (κ2) is 8.27. The molecule has 2 atom stereocenters. The van der Waals surface area contributed by atoms with Crippen LogP contribution < -0.4 is 5.56 Å².